The van der Waals surface area contributed by atoms with Crippen molar-refractivity contribution in [3.63, 3.8) is 0 Å². The van der Waals surface area contributed by atoms with Crippen LogP contribution in [0.3, 0.4) is 0 Å². The Bertz CT molecular complexity index is 475. The van der Waals surface area contributed by atoms with E-state index in [9.17, 15) is 19.2 Å². The van der Waals surface area contributed by atoms with Gasteiger partial charge in [-0.15, -0.1) is 0 Å². The zero-order chi connectivity index (χ0) is 21.0. The zero-order valence-corrected chi connectivity index (χ0v) is 19.9. The van der Waals surface area contributed by atoms with E-state index < -0.39 is 43.9 Å². The van der Waals surface area contributed by atoms with Crippen LogP contribution in [-0.4, -0.2) is 43.9 Å². The van der Waals surface area contributed by atoms with Crippen LogP contribution in [0, 0.1) is 0 Å². The van der Waals surface area contributed by atoms with E-state index in [4.69, 9.17) is 12.3 Å². The fraction of sp³-hybridized carbons (Fsp3) is 0.800. The average Bonchev–Trinajstić information content (AvgIpc) is 2.66. The van der Waals surface area contributed by atoms with Crippen molar-refractivity contribution in [3.05, 3.63) is 0 Å². The van der Waals surface area contributed by atoms with Crippen LogP contribution in [0.2, 0.25) is 0 Å². The third kappa shape index (κ3) is 9.82. The van der Waals surface area contributed by atoms with Gasteiger partial charge in [-0.2, -0.15) is 0 Å². The summed E-state index contributed by atoms with van der Waals surface area (Å²) < 4.78 is 21.5. The van der Waals surface area contributed by atoms with Gasteiger partial charge >= 0.3 is 178 Å². The van der Waals surface area contributed by atoms with E-state index in [-0.39, 0.29) is 25.7 Å². The predicted molar refractivity (Wildman–Crippen MR) is 104 cm³/mol. The van der Waals surface area contributed by atoms with E-state index in [0.29, 0.717) is 25.7 Å². The minimum atomic E-state index is -5.54. The van der Waals surface area contributed by atoms with Crippen LogP contribution >= 0.6 is 0 Å². The molecule has 0 atom stereocenters. The van der Waals surface area contributed by atoms with Gasteiger partial charge < -0.3 is 0 Å². The molecular weight excluding hydrogens is 487 g/mol. The molecule has 1 spiro atoms. The Kier molecular flexibility index (Phi) is 10.8. The van der Waals surface area contributed by atoms with Crippen LogP contribution in [0.15, 0.2) is 0 Å². The van der Waals surface area contributed by atoms with Gasteiger partial charge in [0, 0.05) is 0 Å². The van der Waals surface area contributed by atoms with Crippen LogP contribution in [0.4, 0.5) is 0 Å². The summed E-state index contributed by atoms with van der Waals surface area (Å²) in [6.07, 6.45) is 10.3. The van der Waals surface area contributed by atoms with Crippen molar-refractivity contribution in [2.45, 2.75) is 103 Å². The van der Waals surface area contributed by atoms with Crippen LogP contribution in [0.1, 0.15) is 103 Å². The van der Waals surface area contributed by atoms with Gasteiger partial charge in [-0.3, -0.25) is 0 Å². The quantitative estimate of drug-likeness (QED) is 0.445. The predicted octanol–water partition coefficient (Wildman–Crippen LogP) is 3.86. The monoisotopic (exact) mass is 520 g/mol. The Labute approximate surface area is 178 Å². The first-order chi connectivity index (χ1) is 14.0. The molecule has 0 bridgehead atoms. The van der Waals surface area contributed by atoms with Gasteiger partial charge in [-0.05, 0) is 0 Å². The molecule has 0 radical (unpaired) electrons. The number of hydrogen-bond donors (Lipinski definition) is 0. The van der Waals surface area contributed by atoms with Gasteiger partial charge in [0.2, 0.25) is 0 Å². The van der Waals surface area contributed by atoms with E-state index in [1.54, 1.807) is 0 Å². The molecule has 0 aromatic rings. The Morgan fingerprint density at radius 1 is 0.379 bits per heavy atom. The number of carbonyl (C=O) groups excluding carboxylic acids is 4. The molecule has 2 aliphatic heterocycles. The summed E-state index contributed by atoms with van der Waals surface area (Å²) in [6, 6.07) is 0. The molecule has 2 aliphatic rings. The summed E-state index contributed by atoms with van der Waals surface area (Å²) >= 11 is -5.54. The van der Waals surface area contributed by atoms with E-state index in [0.717, 1.165) is 51.4 Å². The van der Waals surface area contributed by atoms with Crippen molar-refractivity contribution >= 4 is 43.9 Å². The topological polar surface area (TPSA) is 105 Å². The molecule has 0 aliphatic carbocycles. The maximum absolute atomic E-state index is 12.4. The third-order valence-corrected chi connectivity index (χ3v) is 10.4. The van der Waals surface area contributed by atoms with Gasteiger partial charge in [0.05, 0.1) is 0 Å². The minimum absolute atomic E-state index is 0.103. The molecule has 164 valence electrons. The van der Waals surface area contributed by atoms with Crippen molar-refractivity contribution in [3.8, 4) is 0 Å². The molecule has 2 heterocycles. The Hall–Kier alpha value is -1.32. The van der Waals surface area contributed by atoms with Gasteiger partial charge in [-0.25, -0.2) is 0 Å². The normalized spacial score (nSPS) is 24.0. The van der Waals surface area contributed by atoms with Gasteiger partial charge in [-0.1, -0.05) is 0 Å². The molecule has 0 aromatic heterocycles. The van der Waals surface area contributed by atoms with Crippen molar-refractivity contribution in [2.24, 2.45) is 0 Å². The number of carbonyl (C=O) groups is 4. The number of hydrogen-bond acceptors (Lipinski definition) is 8. The van der Waals surface area contributed by atoms with Crippen molar-refractivity contribution in [1.82, 2.24) is 0 Å². The SMILES string of the molecule is O=C1CCCCCCCCC(=O)[O][Sn]2([O]1)[O]C(=O)CCCCCCCCC(=O)[O]2. The van der Waals surface area contributed by atoms with Crippen LogP contribution in [0.5, 0.6) is 0 Å². The van der Waals surface area contributed by atoms with Gasteiger partial charge in [0.25, 0.3) is 0 Å². The first kappa shape index (κ1) is 24.0. The van der Waals surface area contributed by atoms with E-state index in [2.05, 4.69) is 0 Å². The second-order valence-corrected chi connectivity index (χ2v) is 12.8. The van der Waals surface area contributed by atoms with E-state index in [1.165, 1.54) is 0 Å². The van der Waals surface area contributed by atoms with Crippen molar-refractivity contribution in [2.75, 3.05) is 0 Å². The molecule has 2 rings (SSSR count). The maximum atomic E-state index is 12.4. The number of rotatable bonds is 0. The Balaban J connectivity index is 2.22. The Morgan fingerprint density at radius 2 is 0.586 bits per heavy atom. The molecule has 0 unspecified atom stereocenters. The molecule has 0 N–H and O–H groups in total. The Morgan fingerprint density at radius 3 is 0.828 bits per heavy atom. The molecule has 8 nitrogen and oxygen atoms in total. The first-order valence-corrected chi connectivity index (χ1v) is 15.5. The van der Waals surface area contributed by atoms with E-state index >= 15 is 0 Å². The fourth-order valence-corrected chi connectivity index (χ4v) is 8.44. The summed E-state index contributed by atoms with van der Waals surface area (Å²) in [4.78, 5) is 49.5. The molecular formula is C20H32O8Sn. The van der Waals surface area contributed by atoms with Crippen molar-refractivity contribution in [1.29, 1.82) is 0 Å². The van der Waals surface area contributed by atoms with Gasteiger partial charge in [0.15, 0.2) is 0 Å². The average molecular weight is 519 g/mol. The first-order valence-electron chi connectivity index (χ1n) is 10.9. The third-order valence-electron chi connectivity index (χ3n) is 4.98. The molecule has 29 heavy (non-hydrogen) atoms. The second kappa shape index (κ2) is 13.1. The summed E-state index contributed by atoms with van der Waals surface area (Å²) in [5.74, 6) is -2.62. The van der Waals surface area contributed by atoms with Gasteiger partial charge in [0.1, 0.15) is 0 Å². The van der Waals surface area contributed by atoms with Crippen LogP contribution in [-0.2, 0) is 31.5 Å². The summed E-state index contributed by atoms with van der Waals surface area (Å²) in [7, 11) is 0. The summed E-state index contributed by atoms with van der Waals surface area (Å²) in [5.41, 5.74) is 0. The molecule has 0 saturated carbocycles. The molecule has 9 heteroatoms. The summed E-state index contributed by atoms with van der Waals surface area (Å²) in [6.45, 7) is 0. The second-order valence-electron chi connectivity index (χ2n) is 7.64. The van der Waals surface area contributed by atoms with Crippen LogP contribution < -0.4 is 0 Å². The molecule has 0 aromatic carbocycles. The summed E-state index contributed by atoms with van der Waals surface area (Å²) in [5, 5.41) is 0. The molecule has 2 fully saturated rings. The molecule has 2 saturated heterocycles. The zero-order valence-electron chi connectivity index (χ0n) is 17.1. The van der Waals surface area contributed by atoms with Crippen molar-refractivity contribution < 1.29 is 31.5 Å². The fourth-order valence-electron chi connectivity index (χ4n) is 3.38. The molecule has 0 amide bonds. The van der Waals surface area contributed by atoms with E-state index in [1.807, 2.05) is 0 Å². The van der Waals surface area contributed by atoms with Crippen LogP contribution in [0.25, 0.3) is 0 Å². The standard InChI is InChI=1S/2C10H18O4.Sn/c2*11-9(12)7-5-3-1-2-4-6-8-10(13)14;/h2*1-8H2,(H,11,12)(H,13,14);/q;;+4/p-4.